The van der Waals surface area contributed by atoms with E-state index >= 15 is 0 Å². The lowest BCUT2D eigenvalue weighted by Crippen LogP contribution is -2.25. The third-order valence-corrected chi connectivity index (χ3v) is 3.57. The Balaban J connectivity index is 2.50. The summed E-state index contributed by atoms with van der Waals surface area (Å²) in [7, 11) is -3.83. The largest absolute Gasteiger partial charge is 0.390 e. The molecule has 0 amide bonds. The molecule has 0 radical (unpaired) electrons. The predicted octanol–water partition coefficient (Wildman–Crippen LogP) is 1.13. The summed E-state index contributed by atoms with van der Waals surface area (Å²) in [6.07, 6.45) is -4.48. The molecule has 0 saturated carbocycles. The summed E-state index contributed by atoms with van der Waals surface area (Å²) in [4.78, 5) is 2.41. The number of nitrogens with one attached hydrogen (secondary N) is 2. The molecule has 0 aliphatic heterocycles. The number of aliphatic hydroxyl groups excluding tert-OH is 1. The topological polar surface area (TPSA) is 82.2 Å². The quantitative estimate of drug-likeness (QED) is 0.686. The lowest BCUT2D eigenvalue weighted by Gasteiger charge is -2.07. The summed E-state index contributed by atoms with van der Waals surface area (Å²) < 4.78 is 60.8. The fraction of sp³-hybridized carbons (Fsp3) is 0.556. The summed E-state index contributed by atoms with van der Waals surface area (Å²) in [6.45, 7) is -0.634. The van der Waals surface area contributed by atoms with E-state index in [-0.39, 0.29) is 24.5 Å². The van der Waals surface area contributed by atoms with Gasteiger partial charge in [0.05, 0.1) is 11.5 Å². The molecule has 0 aliphatic rings. The Morgan fingerprint density at radius 2 is 2.06 bits per heavy atom. The van der Waals surface area contributed by atoms with Gasteiger partial charge in [-0.1, -0.05) is 0 Å². The molecule has 0 bridgehead atoms. The summed E-state index contributed by atoms with van der Waals surface area (Å²) >= 11 is 0. The Kier molecular flexibility index (Phi) is 4.77. The van der Waals surface area contributed by atoms with Gasteiger partial charge in [-0.05, 0) is 12.5 Å². The lowest BCUT2D eigenvalue weighted by atomic mass is 10.3. The second-order valence-electron chi connectivity index (χ2n) is 3.64. The van der Waals surface area contributed by atoms with Gasteiger partial charge in [-0.2, -0.15) is 13.2 Å². The normalized spacial score (nSPS) is 12.9. The molecule has 9 heteroatoms. The summed E-state index contributed by atoms with van der Waals surface area (Å²) in [5.74, 6) is 0. The van der Waals surface area contributed by atoms with Crippen LogP contribution < -0.4 is 4.72 Å². The highest BCUT2D eigenvalue weighted by Gasteiger charge is 2.26. The van der Waals surface area contributed by atoms with Crippen LogP contribution in [0.3, 0.4) is 0 Å². The van der Waals surface area contributed by atoms with E-state index in [9.17, 15) is 21.6 Å². The van der Waals surface area contributed by atoms with Gasteiger partial charge in [0.2, 0.25) is 10.0 Å². The molecule has 1 heterocycles. The van der Waals surface area contributed by atoms with Crippen molar-refractivity contribution < 1.29 is 26.7 Å². The molecular weight excluding hydrogens is 273 g/mol. The van der Waals surface area contributed by atoms with Gasteiger partial charge in [0.1, 0.15) is 0 Å². The fourth-order valence-electron chi connectivity index (χ4n) is 1.24. The van der Waals surface area contributed by atoms with Crippen LogP contribution in [0.25, 0.3) is 0 Å². The summed E-state index contributed by atoms with van der Waals surface area (Å²) in [6, 6.07) is 1.21. The first-order chi connectivity index (χ1) is 8.24. The molecule has 0 fully saturated rings. The Hall–Kier alpha value is -1.06. The molecule has 1 rings (SSSR count). The zero-order chi connectivity index (χ0) is 13.8. The van der Waals surface area contributed by atoms with E-state index in [0.717, 1.165) is 6.20 Å². The van der Waals surface area contributed by atoms with Crippen LogP contribution in [-0.2, 0) is 16.6 Å². The average molecular weight is 286 g/mol. The van der Waals surface area contributed by atoms with Crippen molar-refractivity contribution in [3.8, 4) is 0 Å². The SMILES string of the molecule is O=S(=O)(NCCCC(F)(F)F)c1c[nH]c(CO)c1. The number of aliphatic hydroxyl groups is 1. The maximum absolute atomic E-state index is 11.8. The van der Waals surface area contributed by atoms with Crippen LogP contribution in [0.2, 0.25) is 0 Å². The highest BCUT2D eigenvalue weighted by atomic mass is 32.2. The monoisotopic (exact) mass is 286 g/mol. The van der Waals surface area contributed by atoms with Gasteiger partial charge in [0, 0.05) is 24.9 Å². The van der Waals surface area contributed by atoms with E-state index in [1.54, 1.807) is 0 Å². The second kappa shape index (κ2) is 5.72. The molecule has 0 unspecified atom stereocenters. The van der Waals surface area contributed by atoms with Gasteiger partial charge < -0.3 is 10.1 Å². The minimum absolute atomic E-state index is 0.112. The van der Waals surface area contributed by atoms with Gasteiger partial charge in [-0.15, -0.1) is 0 Å². The molecule has 0 saturated heterocycles. The van der Waals surface area contributed by atoms with E-state index in [4.69, 9.17) is 5.11 Å². The van der Waals surface area contributed by atoms with Crippen LogP contribution in [0.4, 0.5) is 13.2 Å². The Morgan fingerprint density at radius 3 is 2.56 bits per heavy atom. The van der Waals surface area contributed by atoms with Crippen molar-refractivity contribution in [3.63, 3.8) is 0 Å². The first kappa shape index (κ1) is 15.0. The lowest BCUT2D eigenvalue weighted by molar-refractivity contribution is -0.135. The van der Waals surface area contributed by atoms with Crippen molar-refractivity contribution in [1.29, 1.82) is 0 Å². The number of halogens is 3. The van der Waals surface area contributed by atoms with E-state index in [2.05, 4.69) is 9.71 Å². The molecule has 3 N–H and O–H groups in total. The number of aromatic amines is 1. The van der Waals surface area contributed by atoms with Crippen molar-refractivity contribution in [2.24, 2.45) is 0 Å². The highest BCUT2D eigenvalue weighted by molar-refractivity contribution is 7.89. The first-order valence-corrected chi connectivity index (χ1v) is 6.57. The van der Waals surface area contributed by atoms with Crippen molar-refractivity contribution in [2.45, 2.75) is 30.5 Å². The van der Waals surface area contributed by atoms with E-state index in [1.807, 2.05) is 0 Å². The summed E-state index contributed by atoms with van der Waals surface area (Å²) in [5.41, 5.74) is 0.311. The van der Waals surface area contributed by atoms with E-state index in [0.29, 0.717) is 5.69 Å². The van der Waals surface area contributed by atoms with Crippen LogP contribution in [0, 0.1) is 0 Å². The standard InChI is InChI=1S/C9H13F3N2O3S/c10-9(11,12)2-1-3-14-18(16,17)8-4-7(6-15)13-5-8/h4-5,13-15H,1-3,6H2. The third-order valence-electron chi connectivity index (χ3n) is 2.13. The van der Waals surface area contributed by atoms with E-state index < -0.39 is 22.6 Å². The molecule has 0 atom stereocenters. The van der Waals surface area contributed by atoms with Crippen LogP contribution in [0.5, 0.6) is 0 Å². The van der Waals surface area contributed by atoms with Gasteiger partial charge in [-0.25, -0.2) is 13.1 Å². The van der Waals surface area contributed by atoms with Crippen molar-refractivity contribution in [1.82, 2.24) is 9.71 Å². The van der Waals surface area contributed by atoms with Gasteiger partial charge in [0.25, 0.3) is 0 Å². The molecule has 18 heavy (non-hydrogen) atoms. The minimum atomic E-state index is -4.29. The molecule has 5 nitrogen and oxygen atoms in total. The number of rotatable bonds is 6. The Morgan fingerprint density at radius 1 is 1.39 bits per heavy atom. The van der Waals surface area contributed by atoms with Gasteiger partial charge >= 0.3 is 6.18 Å². The predicted molar refractivity (Wildman–Crippen MR) is 57.2 cm³/mol. The third kappa shape index (κ3) is 4.67. The molecule has 0 spiro atoms. The number of H-pyrrole nitrogens is 1. The maximum atomic E-state index is 11.8. The van der Waals surface area contributed by atoms with Crippen LogP contribution in [-0.4, -0.2) is 31.2 Å². The molecule has 1 aromatic rings. The number of aromatic nitrogens is 1. The fourth-order valence-corrected chi connectivity index (χ4v) is 2.34. The van der Waals surface area contributed by atoms with Crippen molar-refractivity contribution >= 4 is 10.0 Å². The van der Waals surface area contributed by atoms with Crippen molar-refractivity contribution in [3.05, 3.63) is 18.0 Å². The minimum Gasteiger partial charge on any atom is -0.390 e. The zero-order valence-electron chi connectivity index (χ0n) is 9.29. The number of alkyl halides is 3. The van der Waals surface area contributed by atoms with Crippen LogP contribution in [0.15, 0.2) is 17.2 Å². The Bertz CT molecular complexity index is 481. The first-order valence-electron chi connectivity index (χ1n) is 5.09. The van der Waals surface area contributed by atoms with Crippen molar-refractivity contribution in [2.75, 3.05) is 6.54 Å². The number of sulfonamides is 1. The molecule has 104 valence electrons. The Labute approximate surface area is 102 Å². The number of hydrogen-bond donors (Lipinski definition) is 3. The smallest absolute Gasteiger partial charge is 0.389 e. The van der Waals surface area contributed by atoms with Crippen LogP contribution >= 0.6 is 0 Å². The molecular formula is C9H13F3N2O3S. The van der Waals surface area contributed by atoms with E-state index in [1.165, 1.54) is 6.07 Å². The van der Waals surface area contributed by atoms with Crippen LogP contribution in [0.1, 0.15) is 18.5 Å². The van der Waals surface area contributed by atoms with Gasteiger partial charge in [-0.3, -0.25) is 0 Å². The zero-order valence-corrected chi connectivity index (χ0v) is 10.1. The number of hydrogen-bond acceptors (Lipinski definition) is 3. The summed E-state index contributed by atoms with van der Waals surface area (Å²) in [5, 5.41) is 8.75. The maximum Gasteiger partial charge on any atom is 0.389 e. The molecule has 0 aliphatic carbocycles. The second-order valence-corrected chi connectivity index (χ2v) is 5.40. The molecule has 1 aromatic heterocycles. The van der Waals surface area contributed by atoms with Gasteiger partial charge in [0.15, 0.2) is 0 Å². The highest BCUT2D eigenvalue weighted by Crippen LogP contribution is 2.21. The average Bonchev–Trinajstić information content (AvgIpc) is 2.72. The molecule has 0 aromatic carbocycles.